The molecule has 0 amide bonds. The SMILES string of the molecule is O=[N+]([O-])c1cc(C(F)(F)F)c(Cl)cc1NCc1ccc(CO)c(F)c1. The summed E-state index contributed by atoms with van der Waals surface area (Å²) in [4.78, 5) is 10.1. The van der Waals surface area contributed by atoms with Crippen molar-refractivity contribution in [2.24, 2.45) is 0 Å². The number of hydrogen-bond donors (Lipinski definition) is 2. The van der Waals surface area contributed by atoms with Crippen LogP contribution in [0.25, 0.3) is 0 Å². The van der Waals surface area contributed by atoms with Crippen molar-refractivity contribution in [2.45, 2.75) is 19.3 Å². The summed E-state index contributed by atoms with van der Waals surface area (Å²) in [6.07, 6.45) is -4.83. The number of nitrogens with zero attached hydrogens (tertiary/aromatic N) is 1. The summed E-state index contributed by atoms with van der Waals surface area (Å²) < 4.78 is 52.0. The monoisotopic (exact) mass is 378 g/mol. The first kappa shape index (κ1) is 18.9. The number of aliphatic hydroxyl groups excluding tert-OH is 1. The van der Waals surface area contributed by atoms with Gasteiger partial charge in [0.25, 0.3) is 5.69 Å². The van der Waals surface area contributed by atoms with E-state index in [1.165, 1.54) is 12.1 Å². The third-order valence-corrected chi connectivity index (χ3v) is 3.67. The van der Waals surface area contributed by atoms with Gasteiger partial charge in [-0.05, 0) is 17.7 Å². The van der Waals surface area contributed by atoms with Crippen LogP contribution in [0.1, 0.15) is 16.7 Å². The fraction of sp³-hybridized carbons (Fsp3) is 0.200. The van der Waals surface area contributed by atoms with Crippen LogP contribution in [0, 0.1) is 15.9 Å². The molecule has 0 aliphatic heterocycles. The maximum absolute atomic E-state index is 13.6. The maximum atomic E-state index is 13.6. The number of alkyl halides is 3. The number of aliphatic hydroxyl groups is 1. The van der Waals surface area contributed by atoms with Crippen LogP contribution < -0.4 is 5.32 Å². The molecule has 0 bridgehead atoms. The molecule has 10 heteroatoms. The molecule has 0 aromatic heterocycles. The van der Waals surface area contributed by atoms with Crippen LogP contribution in [0.3, 0.4) is 0 Å². The van der Waals surface area contributed by atoms with E-state index < -0.39 is 39.8 Å². The second-order valence-corrected chi connectivity index (χ2v) is 5.45. The van der Waals surface area contributed by atoms with E-state index in [2.05, 4.69) is 5.32 Å². The Morgan fingerprint density at radius 3 is 2.44 bits per heavy atom. The molecular formula is C15H11ClF4N2O3. The predicted octanol–water partition coefficient (Wildman–Crippen LogP) is 4.51. The highest BCUT2D eigenvalue weighted by Gasteiger charge is 2.36. The fourth-order valence-electron chi connectivity index (χ4n) is 2.10. The standard InChI is InChI=1S/C15H11ClF4N2O3/c16-11-5-13(14(22(24)25)4-10(11)15(18,19)20)21-6-8-1-2-9(7-23)12(17)3-8/h1-5,21,23H,6-7H2. The maximum Gasteiger partial charge on any atom is 0.418 e. The lowest BCUT2D eigenvalue weighted by atomic mass is 10.1. The van der Waals surface area contributed by atoms with Gasteiger partial charge in [0.15, 0.2) is 0 Å². The molecule has 0 spiro atoms. The Kier molecular flexibility index (Phi) is 5.48. The van der Waals surface area contributed by atoms with E-state index in [4.69, 9.17) is 16.7 Å². The van der Waals surface area contributed by atoms with Crippen molar-refractivity contribution in [1.82, 2.24) is 0 Å². The minimum absolute atomic E-state index is 0.0762. The first-order valence-electron chi connectivity index (χ1n) is 6.80. The Balaban J connectivity index is 2.31. The smallest absolute Gasteiger partial charge is 0.392 e. The fourth-order valence-corrected chi connectivity index (χ4v) is 2.37. The molecule has 0 saturated carbocycles. The van der Waals surface area contributed by atoms with Gasteiger partial charge in [-0.1, -0.05) is 23.7 Å². The van der Waals surface area contributed by atoms with Gasteiger partial charge in [-0.2, -0.15) is 13.2 Å². The zero-order chi connectivity index (χ0) is 18.8. The van der Waals surface area contributed by atoms with Gasteiger partial charge in [-0.25, -0.2) is 4.39 Å². The van der Waals surface area contributed by atoms with E-state index in [0.717, 1.165) is 12.1 Å². The molecule has 0 fully saturated rings. The van der Waals surface area contributed by atoms with Gasteiger partial charge in [-0.3, -0.25) is 10.1 Å². The van der Waals surface area contributed by atoms with E-state index in [1.54, 1.807) is 0 Å². The van der Waals surface area contributed by atoms with Crippen LogP contribution in [0.4, 0.5) is 28.9 Å². The van der Waals surface area contributed by atoms with Crippen molar-refractivity contribution < 1.29 is 27.6 Å². The molecule has 0 aliphatic carbocycles. The Bertz CT molecular complexity index is 812. The molecular weight excluding hydrogens is 368 g/mol. The van der Waals surface area contributed by atoms with E-state index in [-0.39, 0.29) is 17.8 Å². The van der Waals surface area contributed by atoms with Gasteiger partial charge in [0.05, 0.1) is 22.1 Å². The van der Waals surface area contributed by atoms with Crippen molar-refractivity contribution in [3.05, 3.63) is 68.0 Å². The normalized spacial score (nSPS) is 11.4. The number of nitro benzene ring substituents is 1. The molecule has 134 valence electrons. The highest BCUT2D eigenvalue weighted by Crippen LogP contribution is 2.40. The molecule has 0 atom stereocenters. The third kappa shape index (κ3) is 4.37. The lowest BCUT2D eigenvalue weighted by Gasteiger charge is -2.13. The average molecular weight is 379 g/mol. The molecule has 0 unspecified atom stereocenters. The number of nitrogens with one attached hydrogen (secondary N) is 1. The quantitative estimate of drug-likeness (QED) is 0.456. The minimum Gasteiger partial charge on any atom is -0.392 e. The van der Waals surface area contributed by atoms with Crippen molar-refractivity contribution >= 4 is 23.0 Å². The third-order valence-electron chi connectivity index (χ3n) is 3.36. The highest BCUT2D eigenvalue weighted by atomic mass is 35.5. The molecule has 2 aromatic rings. The Labute approximate surface area is 144 Å². The van der Waals surface area contributed by atoms with Crippen molar-refractivity contribution in [3.8, 4) is 0 Å². The van der Waals surface area contributed by atoms with Crippen LogP contribution in [-0.2, 0) is 19.3 Å². The van der Waals surface area contributed by atoms with Crippen molar-refractivity contribution in [1.29, 1.82) is 0 Å². The van der Waals surface area contributed by atoms with Crippen LogP contribution in [0.2, 0.25) is 5.02 Å². The number of hydrogen-bond acceptors (Lipinski definition) is 4. The zero-order valence-electron chi connectivity index (χ0n) is 12.4. The Hall–Kier alpha value is -2.39. The second-order valence-electron chi connectivity index (χ2n) is 5.04. The number of halogens is 5. The lowest BCUT2D eigenvalue weighted by Crippen LogP contribution is -2.09. The molecule has 2 N–H and O–H groups in total. The minimum atomic E-state index is -4.83. The van der Waals surface area contributed by atoms with E-state index in [0.29, 0.717) is 11.6 Å². The summed E-state index contributed by atoms with van der Waals surface area (Å²) in [6, 6.07) is 5.07. The summed E-state index contributed by atoms with van der Waals surface area (Å²) in [5, 5.41) is 21.8. The average Bonchev–Trinajstić information content (AvgIpc) is 2.51. The molecule has 5 nitrogen and oxygen atoms in total. The Morgan fingerprint density at radius 2 is 1.92 bits per heavy atom. The second kappa shape index (κ2) is 7.24. The summed E-state index contributed by atoms with van der Waals surface area (Å²) >= 11 is 5.57. The van der Waals surface area contributed by atoms with Gasteiger partial charge in [-0.15, -0.1) is 0 Å². The molecule has 2 rings (SSSR count). The van der Waals surface area contributed by atoms with Gasteiger partial charge >= 0.3 is 6.18 Å². The number of nitro groups is 1. The van der Waals surface area contributed by atoms with Crippen molar-refractivity contribution in [2.75, 3.05) is 5.32 Å². The van der Waals surface area contributed by atoms with E-state index >= 15 is 0 Å². The van der Waals surface area contributed by atoms with Gasteiger partial charge in [0.1, 0.15) is 11.5 Å². The number of benzene rings is 2. The topological polar surface area (TPSA) is 75.4 Å². The summed E-state index contributed by atoms with van der Waals surface area (Å²) in [5.74, 6) is -0.665. The zero-order valence-corrected chi connectivity index (χ0v) is 13.2. The highest BCUT2D eigenvalue weighted by molar-refractivity contribution is 6.31. The van der Waals surface area contributed by atoms with Crippen LogP contribution >= 0.6 is 11.6 Å². The lowest BCUT2D eigenvalue weighted by molar-refractivity contribution is -0.384. The summed E-state index contributed by atoms with van der Waals surface area (Å²) in [5.41, 5.74) is -1.89. The first-order valence-corrected chi connectivity index (χ1v) is 7.18. The molecule has 2 aromatic carbocycles. The van der Waals surface area contributed by atoms with E-state index in [1.807, 2.05) is 0 Å². The number of anilines is 1. The number of rotatable bonds is 5. The molecule has 0 saturated heterocycles. The molecule has 25 heavy (non-hydrogen) atoms. The van der Waals surface area contributed by atoms with Gasteiger partial charge in [0, 0.05) is 18.2 Å². The molecule has 0 heterocycles. The molecule has 0 radical (unpaired) electrons. The van der Waals surface area contributed by atoms with Crippen LogP contribution in [0.15, 0.2) is 30.3 Å². The predicted molar refractivity (Wildman–Crippen MR) is 82.8 cm³/mol. The van der Waals surface area contributed by atoms with E-state index in [9.17, 15) is 27.7 Å². The summed E-state index contributed by atoms with van der Waals surface area (Å²) in [7, 11) is 0. The van der Waals surface area contributed by atoms with Crippen LogP contribution in [-0.4, -0.2) is 10.0 Å². The van der Waals surface area contributed by atoms with Crippen LogP contribution in [0.5, 0.6) is 0 Å². The Morgan fingerprint density at radius 1 is 1.24 bits per heavy atom. The van der Waals surface area contributed by atoms with Crippen molar-refractivity contribution in [3.63, 3.8) is 0 Å². The first-order chi connectivity index (χ1) is 11.6. The van der Waals surface area contributed by atoms with Gasteiger partial charge in [0.2, 0.25) is 0 Å². The summed E-state index contributed by atoms with van der Waals surface area (Å²) in [6.45, 7) is -0.579. The molecule has 0 aliphatic rings. The van der Waals surface area contributed by atoms with Gasteiger partial charge < -0.3 is 10.4 Å². The largest absolute Gasteiger partial charge is 0.418 e.